The Hall–Kier alpha value is 0. The van der Waals surface area contributed by atoms with Crippen molar-refractivity contribution in [3.05, 3.63) is 0 Å². The quantitative estimate of drug-likeness (QED) is 0.535. The molecule has 19 heavy (non-hydrogen) atoms. The van der Waals surface area contributed by atoms with E-state index < -0.39 is 0 Å². The fourth-order valence-electron chi connectivity index (χ4n) is 4.86. The molecule has 0 bridgehead atoms. The Balaban J connectivity index is 1.76. The van der Waals surface area contributed by atoms with Gasteiger partial charge in [0.2, 0.25) is 0 Å². The van der Waals surface area contributed by atoms with E-state index in [0.717, 1.165) is 29.6 Å². The molecule has 0 spiro atoms. The Bertz CT molecular complexity index is 234. The third-order valence-electron chi connectivity index (χ3n) is 6.43. The molecule has 4 unspecified atom stereocenters. The molecular formula is C19H36. The highest BCUT2D eigenvalue weighted by molar-refractivity contribution is 4.85. The first-order valence-electron chi connectivity index (χ1n) is 9.22. The molecule has 2 saturated carbocycles. The molecule has 0 aromatic heterocycles. The van der Waals surface area contributed by atoms with Gasteiger partial charge in [-0.1, -0.05) is 72.1 Å². The van der Waals surface area contributed by atoms with Crippen LogP contribution in [0.25, 0.3) is 0 Å². The van der Waals surface area contributed by atoms with Gasteiger partial charge in [0.15, 0.2) is 0 Å². The zero-order valence-electron chi connectivity index (χ0n) is 13.7. The summed E-state index contributed by atoms with van der Waals surface area (Å²) in [6, 6.07) is 0. The topological polar surface area (TPSA) is 0 Å². The second-order valence-electron chi connectivity index (χ2n) is 7.70. The first-order chi connectivity index (χ1) is 9.22. The highest BCUT2D eigenvalue weighted by Crippen LogP contribution is 2.44. The Kier molecular flexibility index (Phi) is 6.23. The van der Waals surface area contributed by atoms with Crippen LogP contribution in [0.1, 0.15) is 91.4 Å². The van der Waals surface area contributed by atoms with E-state index in [9.17, 15) is 0 Å². The number of rotatable bonds is 5. The van der Waals surface area contributed by atoms with Gasteiger partial charge in [0.1, 0.15) is 0 Å². The lowest BCUT2D eigenvalue weighted by molar-refractivity contribution is 0.0852. The first kappa shape index (κ1) is 15.4. The second kappa shape index (κ2) is 7.70. The number of hydrogen-bond donors (Lipinski definition) is 0. The summed E-state index contributed by atoms with van der Waals surface area (Å²) < 4.78 is 0. The molecule has 2 aliphatic carbocycles. The number of hydrogen-bond acceptors (Lipinski definition) is 0. The normalized spacial score (nSPS) is 33.0. The Morgan fingerprint density at radius 1 is 0.789 bits per heavy atom. The van der Waals surface area contributed by atoms with Crippen LogP contribution >= 0.6 is 0 Å². The third-order valence-corrected chi connectivity index (χ3v) is 6.43. The lowest BCUT2D eigenvalue weighted by Gasteiger charge is -2.42. The lowest BCUT2D eigenvalue weighted by Crippen LogP contribution is -2.32. The van der Waals surface area contributed by atoms with E-state index in [2.05, 4.69) is 20.8 Å². The van der Waals surface area contributed by atoms with Crippen molar-refractivity contribution in [2.45, 2.75) is 91.4 Å². The van der Waals surface area contributed by atoms with Crippen LogP contribution in [0.15, 0.2) is 0 Å². The molecule has 2 fully saturated rings. The van der Waals surface area contributed by atoms with Crippen molar-refractivity contribution in [1.82, 2.24) is 0 Å². The van der Waals surface area contributed by atoms with Gasteiger partial charge >= 0.3 is 0 Å². The molecule has 0 heteroatoms. The summed E-state index contributed by atoms with van der Waals surface area (Å²) in [4.78, 5) is 0. The molecule has 0 nitrogen and oxygen atoms in total. The van der Waals surface area contributed by atoms with Gasteiger partial charge in [-0.15, -0.1) is 0 Å². The summed E-state index contributed by atoms with van der Waals surface area (Å²) in [5.41, 5.74) is 0. The van der Waals surface area contributed by atoms with Crippen LogP contribution in [0.5, 0.6) is 0 Å². The van der Waals surface area contributed by atoms with Crippen LogP contribution in [0, 0.1) is 29.6 Å². The summed E-state index contributed by atoms with van der Waals surface area (Å²) in [5.74, 6) is 5.15. The van der Waals surface area contributed by atoms with Crippen LogP contribution in [-0.2, 0) is 0 Å². The largest absolute Gasteiger partial charge is 0.0651 e. The van der Waals surface area contributed by atoms with Crippen molar-refractivity contribution >= 4 is 0 Å². The molecule has 0 N–H and O–H groups in total. The van der Waals surface area contributed by atoms with Gasteiger partial charge in [-0.2, -0.15) is 0 Å². The van der Waals surface area contributed by atoms with Gasteiger partial charge in [0, 0.05) is 0 Å². The van der Waals surface area contributed by atoms with Crippen LogP contribution in [0.2, 0.25) is 0 Å². The molecule has 0 aromatic carbocycles. The average Bonchev–Trinajstić information content (AvgIpc) is 2.26. The van der Waals surface area contributed by atoms with Gasteiger partial charge in [-0.05, 0) is 48.9 Å². The van der Waals surface area contributed by atoms with E-state index in [1.54, 1.807) is 0 Å². The molecule has 0 radical (unpaired) electrons. The van der Waals surface area contributed by atoms with Gasteiger partial charge in [0.25, 0.3) is 0 Å². The van der Waals surface area contributed by atoms with Crippen LogP contribution < -0.4 is 0 Å². The lowest BCUT2D eigenvalue weighted by atomic mass is 9.64. The molecule has 0 aliphatic heterocycles. The van der Waals surface area contributed by atoms with E-state index in [-0.39, 0.29) is 0 Å². The zero-order valence-corrected chi connectivity index (χ0v) is 13.7. The second-order valence-corrected chi connectivity index (χ2v) is 7.70. The fourth-order valence-corrected chi connectivity index (χ4v) is 4.86. The summed E-state index contributed by atoms with van der Waals surface area (Å²) >= 11 is 0. The van der Waals surface area contributed by atoms with Crippen LogP contribution in [0.4, 0.5) is 0 Å². The Morgan fingerprint density at radius 2 is 1.42 bits per heavy atom. The average molecular weight is 264 g/mol. The predicted octanol–water partition coefficient (Wildman–Crippen LogP) is 6.45. The standard InChI is InChI=1S/C19H36/c1-4-17-12-13-19(17)16(3)14-15(2)18-10-8-6-5-7-9-11-18/h15-19H,4-14H2,1-3H3. The molecule has 2 rings (SSSR count). The van der Waals surface area contributed by atoms with E-state index in [1.807, 2.05) is 0 Å². The molecule has 4 atom stereocenters. The Morgan fingerprint density at radius 3 is 1.95 bits per heavy atom. The highest BCUT2D eigenvalue weighted by Gasteiger charge is 2.34. The molecule has 112 valence electrons. The maximum atomic E-state index is 2.56. The molecular weight excluding hydrogens is 228 g/mol. The monoisotopic (exact) mass is 264 g/mol. The SMILES string of the molecule is CCC1CCC1C(C)CC(C)C1CCCCCCC1. The third kappa shape index (κ3) is 4.23. The van der Waals surface area contributed by atoms with E-state index in [1.165, 1.54) is 70.6 Å². The molecule has 2 aliphatic rings. The highest BCUT2D eigenvalue weighted by atomic mass is 14.4. The van der Waals surface area contributed by atoms with Crippen molar-refractivity contribution in [1.29, 1.82) is 0 Å². The molecule has 0 saturated heterocycles. The van der Waals surface area contributed by atoms with E-state index >= 15 is 0 Å². The zero-order chi connectivity index (χ0) is 13.7. The summed E-state index contributed by atoms with van der Waals surface area (Å²) in [6.07, 6.45) is 16.5. The summed E-state index contributed by atoms with van der Waals surface area (Å²) in [5, 5.41) is 0. The fraction of sp³-hybridized carbons (Fsp3) is 1.00. The van der Waals surface area contributed by atoms with Crippen LogP contribution in [-0.4, -0.2) is 0 Å². The minimum Gasteiger partial charge on any atom is -0.0651 e. The smallest absolute Gasteiger partial charge is 0.0360 e. The van der Waals surface area contributed by atoms with Gasteiger partial charge in [-0.25, -0.2) is 0 Å². The molecule has 0 heterocycles. The molecule has 0 aromatic rings. The predicted molar refractivity (Wildman–Crippen MR) is 85.3 cm³/mol. The van der Waals surface area contributed by atoms with E-state index in [4.69, 9.17) is 0 Å². The Labute approximate surface area is 121 Å². The van der Waals surface area contributed by atoms with Crippen molar-refractivity contribution in [2.24, 2.45) is 29.6 Å². The van der Waals surface area contributed by atoms with Gasteiger partial charge in [0.05, 0.1) is 0 Å². The van der Waals surface area contributed by atoms with E-state index in [0.29, 0.717) is 0 Å². The maximum absolute atomic E-state index is 2.56. The summed E-state index contributed by atoms with van der Waals surface area (Å²) in [6.45, 7) is 7.50. The first-order valence-corrected chi connectivity index (χ1v) is 9.22. The van der Waals surface area contributed by atoms with Crippen molar-refractivity contribution < 1.29 is 0 Å². The summed E-state index contributed by atoms with van der Waals surface area (Å²) in [7, 11) is 0. The van der Waals surface area contributed by atoms with Crippen molar-refractivity contribution in [3.63, 3.8) is 0 Å². The maximum Gasteiger partial charge on any atom is -0.0360 e. The van der Waals surface area contributed by atoms with Gasteiger partial charge in [-0.3, -0.25) is 0 Å². The van der Waals surface area contributed by atoms with Crippen LogP contribution in [0.3, 0.4) is 0 Å². The minimum absolute atomic E-state index is 0.978. The van der Waals surface area contributed by atoms with Crippen molar-refractivity contribution in [2.75, 3.05) is 0 Å². The minimum atomic E-state index is 0.978. The van der Waals surface area contributed by atoms with Gasteiger partial charge < -0.3 is 0 Å². The van der Waals surface area contributed by atoms with Crippen molar-refractivity contribution in [3.8, 4) is 0 Å². The molecule has 0 amide bonds.